The van der Waals surface area contributed by atoms with E-state index in [0.29, 0.717) is 24.2 Å². The molecule has 0 atom stereocenters. The van der Waals surface area contributed by atoms with Crippen LogP contribution in [0.5, 0.6) is 0 Å². The van der Waals surface area contributed by atoms with Gasteiger partial charge in [0.15, 0.2) is 0 Å². The zero-order chi connectivity index (χ0) is 24.6. The van der Waals surface area contributed by atoms with Gasteiger partial charge in [0.2, 0.25) is 0 Å². The lowest BCUT2D eigenvalue weighted by Gasteiger charge is -2.22. The second kappa shape index (κ2) is 9.08. The van der Waals surface area contributed by atoms with Crippen LogP contribution in [0.3, 0.4) is 0 Å². The lowest BCUT2D eigenvalue weighted by molar-refractivity contribution is 0.0745. The standard InChI is InChI=1S/C31H26FN3O/c1-20-33-29-14-12-24(18-30(29)34-20)23-10-9-21-8-5-15-35(19-26(21)16-23)31(36)25-11-13-27(28(32)17-25)22-6-3-2-4-7-22/h2-4,6-7,9-14,16-18H,5,8,15,19H2,1H3,(H,33,34). The van der Waals surface area contributed by atoms with E-state index in [9.17, 15) is 9.18 Å². The molecule has 1 amide bonds. The number of hydrogen-bond acceptors (Lipinski definition) is 2. The number of H-pyrrole nitrogens is 1. The first-order chi connectivity index (χ1) is 17.5. The van der Waals surface area contributed by atoms with Gasteiger partial charge in [-0.3, -0.25) is 4.79 Å². The smallest absolute Gasteiger partial charge is 0.254 e. The highest BCUT2D eigenvalue weighted by Crippen LogP contribution is 2.29. The average molecular weight is 476 g/mol. The van der Waals surface area contributed by atoms with Gasteiger partial charge in [-0.05, 0) is 77.9 Å². The fourth-order valence-electron chi connectivity index (χ4n) is 5.11. The highest BCUT2D eigenvalue weighted by molar-refractivity contribution is 5.95. The Bertz CT molecular complexity index is 1590. The summed E-state index contributed by atoms with van der Waals surface area (Å²) in [5.41, 5.74) is 8.26. The summed E-state index contributed by atoms with van der Waals surface area (Å²) in [4.78, 5) is 23.1. The van der Waals surface area contributed by atoms with Crippen molar-refractivity contribution < 1.29 is 9.18 Å². The van der Waals surface area contributed by atoms with Gasteiger partial charge in [0.05, 0.1) is 11.0 Å². The molecule has 0 spiro atoms. The Morgan fingerprint density at radius 3 is 2.53 bits per heavy atom. The van der Waals surface area contributed by atoms with Crippen molar-refractivity contribution in [3.63, 3.8) is 0 Å². The Labute approximate surface area is 209 Å². The van der Waals surface area contributed by atoms with Crippen LogP contribution < -0.4 is 0 Å². The van der Waals surface area contributed by atoms with E-state index in [4.69, 9.17) is 0 Å². The Hall–Kier alpha value is -4.25. The Kier molecular flexibility index (Phi) is 5.61. The van der Waals surface area contributed by atoms with Crippen molar-refractivity contribution in [2.75, 3.05) is 6.54 Å². The maximum atomic E-state index is 15.0. The molecule has 0 saturated heterocycles. The molecule has 1 aliphatic rings. The second-order valence-corrected chi connectivity index (χ2v) is 9.43. The summed E-state index contributed by atoms with van der Waals surface area (Å²) in [6.45, 7) is 3.11. The lowest BCUT2D eigenvalue weighted by Crippen LogP contribution is -2.30. The van der Waals surface area contributed by atoms with E-state index in [1.807, 2.05) is 48.2 Å². The van der Waals surface area contributed by atoms with E-state index in [1.54, 1.807) is 12.1 Å². The first kappa shape index (κ1) is 22.2. The van der Waals surface area contributed by atoms with Crippen LogP contribution in [-0.4, -0.2) is 27.3 Å². The fraction of sp³-hybridized carbons (Fsp3) is 0.161. The van der Waals surface area contributed by atoms with Gasteiger partial charge in [-0.25, -0.2) is 9.37 Å². The number of hydrogen-bond donors (Lipinski definition) is 1. The van der Waals surface area contributed by atoms with Gasteiger partial charge in [0.25, 0.3) is 5.91 Å². The summed E-state index contributed by atoms with van der Waals surface area (Å²) >= 11 is 0. The molecule has 0 saturated carbocycles. The zero-order valence-electron chi connectivity index (χ0n) is 20.1. The predicted octanol–water partition coefficient (Wildman–Crippen LogP) is 6.93. The third kappa shape index (κ3) is 4.17. The minimum absolute atomic E-state index is 0.138. The van der Waals surface area contributed by atoms with Gasteiger partial charge in [-0.2, -0.15) is 0 Å². The van der Waals surface area contributed by atoms with Gasteiger partial charge in [0.1, 0.15) is 11.6 Å². The van der Waals surface area contributed by atoms with Crippen molar-refractivity contribution in [3.8, 4) is 22.3 Å². The molecular formula is C31H26FN3O. The van der Waals surface area contributed by atoms with Crippen LogP contribution in [0, 0.1) is 12.7 Å². The fourth-order valence-corrected chi connectivity index (χ4v) is 5.11. The molecule has 4 nitrogen and oxygen atoms in total. The maximum absolute atomic E-state index is 15.0. The Balaban J connectivity index is 1.28. The number of aromatic amines is 1. The van der Waals surface area contributed by atoms with Crippen molar-refractivity contribution >= 4 is 16.9 Å². The van der Waals surface area contributed by atoms with Crippen molar-refractivity contribution in [3.05, 3.63) is 113 Å². The Morgan fingerprint density at radius 2 is 1.69 bits per heavy atom. The third-order valence-electron chi connectivity index (χ3n) is 6.96. The van der Waals surface area contributed by atoms with Crippen molar-refractivity contribution in [2.24, 2.45) is 0 Å². The topological polar surface area (TPSA) is 49.0 Å². The monoisotopic (exact) mass is 475 g/mol. The molecule has 5 aromatic rings. The number of fused-ring (bicyclic) bond motifs is 2. The van der Waals surface area contributed by atoms with Gasteiger partial charge >= 0.3 is 0 Å². The molecule has 0 radical (unpaired) electrons. The summed E-state index contributed by atoms with van der Waals surface area (Å²) in [6.07, 6.45) is 1.79. The van der Waals surface area contributed by atoms with E-state index in [2.05, 4.69) is 40.3 Å². The van der Waals surface area contributed by atoms with Gasteiger partial charge in [0, 0.05) is 24.2 Å². The van der Waals surface area contributed by atoms with E-state index >= 15 is 0 Å². The summed E-state index contributed by atoms with van der Waals surface area (Å²) in [7, 11) is 0. The predicted molar refractivity (Wildman–Crippen MR) is 141 cm³/mol. The van der Waals surface area contributed by atoms with Crippen molar-refractivity contribution in [1.82, 2.24) is 14.9 Å². The van der Waals surface area contributed by atoms with Crippen LogP contribution in [0.25, 0.3) is 33.3 Å². The van der Waals surface area contributed by atoms with Gasteiger partial charge in [-0.15, -0.1) is 0 Å². The number of benzene rings is 4. The molecule has 0 fully saturated rings. The molecule has 36 heavy (non-hydrogen) atoms. The van der Waals surface area contributed by atoms with Crippen LogP contribution in [0.4, 0.5) is 4.39 Å². The van der Waals surface area contributed by atoms with E-state index < -0.39 is 0 Å². The minimum atomic E-state index is -0.381. The summed E-state index contributed by atoms with van der Waals surface area (Å²) in [5.74, 6) is 0.376. The van der Waals surface area contributed by atoms with E-state index in [1.165, 1.54) is 11.6 Å². The number of rotatable bonds is 3. The number of aromatic nitrogens is 2. The molecule has 1 aliphatic heterocycles. The third-order valence-corrected chi connectivity index (χ3v) is 6.96. The SMILES string of the molecule is Cc1nc2ccc(-c3ccc4c(c3)CN(C(=O)c3ccc(-c5ccccc5)c(F)c3)CCC4)cc2[nH]1. The van der Waals surface area contributed by atoms with Gasteiger partial charge < -0.3 is 9.88 Å². The molecule has 4 aromatic carbocycles. The molecule has 1 aromatic heterocycles. The molecule has 0 bridgehead atoms. The first-order valence-electron chi connectivity index (χ1n) is 12.3. The summed E-state index contributed by atoms with van der Waals surface area (Å²) in [6, 6.07) is 27.0. The average Bonchev–Trinajstić information content (AvgIpc) is 3.14. The van der Waals surface area contributed by atoms with Crippen LogP contribution in [0.15, 0.2) is 84.9 Å². The van der Waals surface area contributed by atoms with Crippen LogP contribution in [0.1, 0.15) is 33.7 Å². The van der Waals surface area contributed by atoms with Crippen molar-refractivity contribution in [1.29, 1.82) is 0 Å². The number of carbonyl (C=O) groups is 1. The number of nitrogens with one attached hydrogen (secondary N) is 1. The van der Waals surface area contributed by atoms with Crippen LogP contribution >= 0.6 is 0 Å². The number of carbonyl (C=O) groups excluding carboxylic acids is 1. The Morgan fingerprint density at radius 1 is 0.889 bits per heavy atom. The number of aryl methyl sites for hydroxylation is 2. The number of halogens is 1. The van der Waals surface area contributed by atoms with Crippen LogP contribution in [-0.2, 0) is 13.0 Å². The second-order valence-electron chi connectivity index (χ2n) is 9.43. The zero-order valence-corrected chi connectivity index (χ0v) is 20.1. The molecule has 1 N–H and O–H groups in total. The molecule has 2 heterocycles. The van der Waals surface area contributed by atoms with Gasteiger partial charge in [-0.1, -0.05) is 54.6 Å². The van der Waals surface area contributed by atoms with Crippen molar-refractivity contribution in [2.45, 2.75) is 26.3 Å². The van der Waals surface area contributed by atoms with Crippen LogP contribution in [0.2, 0.25) is 0 Å². The lowest BCUT2D eigenvalue weighted by atomic mass is 9.97. The molecular weight excluding hydrogens is 449 g/mol. The number of amides is 1. The molecule has 178 valence electrons. The van der Waals surface area contributed by atoms with E-state index in [0.717, 1.165) is 52.0 Å². The first-order valence-corrected chi connectivity index (χ1v) is 12.3. The maximum Gasteiger partial charge on any atom is 0.254 e. The summed E-state index contributed by atoms with van der Waals surface area (Å²) in [5, 5.41) is 0. The molecule has 5 heteroatoms. The largest absolute Gasteiger partial charge is 0.342 e. The number of nitrogens with zero attached hydrogens (tertiary/aromatic N) is 2. The summed E-state index contributed by atoms with van der Waals surface area (Å²) < 4.78 is 15.0. The number of imidazole rings is 1. The van der Waals surface area contributed by atoms with E-state index in [-0.39, 0.29) is 11.7 Å². The molecule has 6 rings (SSSR count). The quantitative estimate of drug-likeness (QED) is 0.307. The highest BCUT2D eigenvalue weighted by Gasteiger charge is 2.22. The highest BCUT2D eigenvalue weighted by atomic mass is 19.1. The molecule has 0 unspecified atom stereocenters. The molecule has 0 aliphatic carbocycles. The minimum Gasteiger partial charge on any atom is -0.342 e. The normalized spacial score (nSPS) is 13.4.